The van der Waals surface area contributed by atoms with Crippen LogP contribution in [0.2, 0.25) is 0 Å². The molecule has 0 N–H and O–H groups in total. The monoisotopic (exact) mass is 218 g/mol. The lowest BCUT2D eigenvalue weighted by Crippen LogP contribution is -2.33. The summed E-state index contributed by atoms with van der Waals surface area (Å²) in [6.07, 6.45) is 1.20. The van der Waals surface area contributed by atoms with Crippen molar-refractivity contribution < 1.29 is 9.18 Å². The lowest BCUT2D eigenvalue weighted by Gasteiger charge is -2.19. The second-order valence-electron chi connectivity index (χ2n) is 4.04. The van der Waals surface area contributed by atoms with Crippen LogP contribution < -0.4 is 4.90 Å². The normalized spacial score (nSPS) is 16.3. The van der Waals surface area contributed by atoms with Crippen molar-refractivity contribution in [3.8, 4) is 6.07 Å². The van der Waals surface area contributed by atoms with Gasteiger partial charge in [-0.05, 0) is 31.0 Å². The molecule has 16 heavy (non-hydrogen) atoms. The van der Waals surface area contributed by atoms with Gasteiger partial charge in [0.05, 0.1) is 6.07 Å². The minimum Gasteiger partial charge on any atom is -0.314 e. The van der Waals surface area contributed by atoms with Gasteiger partial charge in [-0.2, -0.15) is 5.26 Å². The number of carbonyl (C=O) groups excluding carboxylic acids is 1. The Labute approximate surface area is 93.1 Å². The highest BCUT2D eigenvalue weighted by Gasteiger charge is 2.52. The molecule has 0 spiro atoms. The summed E-state index contributed by atoms with van der Waals surface area (Å²) < 4.78 is 13.0. The van der Waals surface area contributed by atoms with E-state index < -0.39 is 5.41 Å². The first kappa shape index (κ1) is 10.6. The molecule has 0 bridgehead atoms. The molecule has 0 unspecified atom stereocenters. The van der Waals surface area contributed by atoms with Crippen molar-refractivity contribution in [3.05, 3.63) is 30.1 Å². The second-order valence-corrected chi connectivity index (χ2v) is 4.04. The summed E-state index contributed by atoms with van der Waals surface area (Å²) in [5.74, 6) is -0.639. The van der Waals surface area contributed by atoms with E-state index in [-0.39, 0.29) is 11.7 Å². The number of halogens is 1. The maximum absolute atomic E-state index is 13.0. The number of anilines is 1. The second kappa shape index (κ2) is 3.60. The summed E-state index contributed by atoms with van der Waals surface area (Å²) in [7, 11) is 1.56. The molecule has 1 amide bonds. The number of carbonyl (C=O) groups is 1. The number of hydrogen-bond donors (Lipinski definition) is 0. The van der Waals surface area contributed by atoms with E-state index in [4.69, 9.17) is 5.26 Å². The summed E-state index contributed by atoms with van der Waals surface area (Å²) in [6.45, 7) is 0. The van der Waals surface area contributed by atoms with Gasteiger partial charge in [-0.3, -0.25) is 4.79 Å². The van der Waals surface area contributed by atoms with Crippen molar-refractivity contribution in [2.45, 2.75) is 12.8 Å². The molecular formula is C12H11FN2O. The predicted molar refractivity (Wildman–Crippen MR) is 57.1 cm³/mol. The van der Waals surface area contributed by atoms with Crippen LogP contribution in [0, 0.1) is 22.6 Å². The lowest BCUT2D eigenvalue weighted by molar-refractivity contribution is -0.121. The van der Waals surface area contributed by atoms with Crippen LogP contribution in [0.25, 0.3) is 0 Å². The molecule has 3 nitrogen and oxygen atoms in total. The molecule has 0 aliphatic heterocycles. The van der Waals surface area contributed by atoms with Gasteiger partial charge in [-0.1, -0.05) is 6.07 Å². The van der Waals surface area contributed by atoms with Crippen LogP contribution in [0.15, 0.2) is 24.3 Å². The molecule has 0 aromatic heterocycles. The van der Waals surface area contributed by atoms with Gasteiger partial charge in [0.15, 0.2) is 0 Å². The van der Waals surface area contributed by atoms with Crippen LogP contribution in [-0.4, -0.2) is 13.0 Å². The summed E-state index contributed by atoms with van der Waals surface area (Å²) in [5.41, 5.74) is -0.382. The number of nitriles is 1. The summed E-state index contributed by atoms with van der Waals surface area (Å²) in [6, 6.07) is 7.82. The van der Waals surface area contributed by atoms with E-state index in [1.807, 2.05) is 6.07 Å². The summed E-state index contributed by atoms with van der Waals surface area (Å²) in [5, 5.41) is 8.91. The number of rotatable bonds is 2. The molecule has 1 aromatic carbocycles. The van der Waals surface area contributed by atoms with Crippen molar-refractivity contribution in [2.75, 3.05) is 11.9 Å². The van der Waals surface area contributed by atoms with Crippen LogP contribution in [-0.2, 0) is 4.79 Å². The molecule has 1 fully saturated rings. The molecule has 1 aliphatic rings. The van der Waals surface area contributed by atoms with E-state index in [2.05, 4.69) is 0 Å². The van der Waals surface area contributed by atoms with Crippen LogP contribution in [0.1, 0.15) is 12.8 Å². The Morgan fingerprint density at radius 3 is 2.75 bits per heavy atom. The Kier molecular flexibility index (Phi) is 2.39. The van der Waals surface area contributed by atoms with Gasteiger partial charge in [0, 0.05) is 12.7 Å². The highest BCUT2D eigenvalue weighted by Crippen LogP contribution is 2.46. The average molecular weight is 218 g/mol. The molecule has 4 heteroatoms. The fourth-order valence-electron chi connectivity index (χ4n) is 1.62. The Balaban J connectivity index is 2.23. The van der Waals surface area contributed by atoms with E-state index >= 15 is 0 Å². The van der Waals surface area contributed by atoms with Crippen molar-refractivity contribution >= 4 is 11.6 Å². The SMILES string of the molecule is CN(C(=O)C1(C#N)CC1)c1cccc(F)c1. The van der Waals surface area contributed by atoms with Crippen LogP contribution in [0.5, 0.6) is 0 Å². The molecule has 0 atom stereocenters. The van der Waals surface area contributed by atoms with E-state index in [0.717, 1.165) is 0 Å². The Morgan fingerprint density at radius 1 is 1.56 bits per heavy atom. The number of hydrogen-bond acceptors (Lipinski definition) is 2. The van der Waals surface area contributed by atoms with Crippen LogP contribution in [0.4, 0.5) is 10.1 Å². The first-order chi connectivity index (χ1) is 7.59. The van der Waals surface area contributed by atoms with Crippen molar-refractivity contribution in [3.63, 3.8) is 0 Å². The quantitative estimate of drug-likeness (QED) is 0.762. The zero-order valence-corrected chi connectivity index (χ0v) is 8.90. The molecule has 82 valence electrons. The van der Waals surface area contributed by atoms with Gasteiger partial charge in [0.1, 0.15) is 11.2 Å². The minimum absolute atomic E-state index is 0.249. The van der Waals surface area contributed by atoms with Gasteiger partial charge < -0.3 is 4.90 Å². The third-order valence-electron chi connectivity index (χ3n) is 2.87. The first-order valence-electron chi connectivity index (χ1n) is 5.04. The molecular weight excluding hydrogens is 207 g/mol. The molecule has 1 aliphatic carbocycles. The predicted octanol–water partition coefficient (Wildman–Crippen LogP) is 2.09. The van der Waals surface area contributed by atoms with Crippen molar-refractivity contribution in [2.24, 2.45) is 5.41 Å². The molecule has 1 saturated carbocycles. The van der Waals surface area contributed by atoms with E-state index in [1.165, 1.54) is 17.0 Å². The summed E-state index contributed by atoms with van der Waals surface area (Å²) >= 11 is 0. The van der Waals surface area contributed by atoms with Gasteiger partial charge in [-0.15, -0.1) is 0 Å². The zero-order valence-electron chi connectivity index (χ0n) is 8.90. The number of benzene rings is 1. The van der Waals surface area contributed by atoms with E-state index in [1.54, 1.807) is 19.2 Å². The smallest absolute Gasteiger partial charge is 0.247 e. The van der Waals surface area contributed by atoms with Crippen molar-refractivity contribution in [1.29, 1.82) is 5.26 Å². The van der Waals surface area contributed by atoms with Crippen LogP contribution in [0.3, 0.4) is 0 Å². The number of nitrogens with zero attached hydrogens (tertiary/aromatic N) is 2. The highest BCUT2D eigenvalue weighted by molar-refractivity contribution is 6.00. The third kappa shape index (κ3) is 1.65. The Morgan fingerprint density at radius 2 is 2.25 bits per heavy atom. The van der Waals surface area contributed by atoms with Gasteiger partial charge in [0.2, 0.25) is 5.91 Å². The topological polar surface area (TPSA) is 44.1 Å². The van der Waals surface area contributed by atoms with Crippen LogP contribution >= 0.6 is 0 Å². The maximum atomic E-state index is 13.0. The zero-order chi connectivity index (χ0) is 11.8. The third-order valence-corrected chi connectivity index (χ3v) is 2.87. The van der Waals surface area contributed by atoms with E-state index in [9.17, 15) is 9.18 Å². The fraction of sp³-hybridized carbons (Fsp3) is 0.333. The molecule has 0 saturated heterocycles. The summed E-state index contributed by atoms with van der Waals surface area (Å²) in [4.78, 5) is 13.3. The highest BCUT2D eigenvalue weighted by atomic mass is 19.1. The Hall–Kier alpha value is -1.89. The molecule has 0 radical (unpaired) electrons. The molecule has 1 aromatic rings. The van der Waals surface area contributed by atoms with Crippen molar-refractivity contribution in [1.82, 2.24) is 0 Å². The molecule has 0 heterocycles. The average Bonchev–Trinajstić information content (AvgIpc) is 3.08. The largest absolute Gasteiger partial charge is 0.314 e. The Bertz CT molecular complexity index is 474. The molecule has 2 rings (SSSR count). The lowest BCUT2D eigenvalue weighted by atomic mass is 10.1. The van der Waals surface area contributed by atoms with E-state index in [0.29, 0.717) is 18.5 Å². The van der Waals surface area contributed by atoms with Gasteiger partial charge in [0.25, 0.3) is 0 Å². The standard InChI is InChI=1S/C12H11FN2O/c1-15(10-4-2-3-9(13)7-10)11(16)12(8-14)5-6-12/h2-4,7H,5-6H2,1H3. The van der Waals surface area contributed by atoms with Gasteiger partial charge >= 0.3 is 0 Å². The minimum atomic E-state index is -0.860. The fourth-order valence-corrected chi connectivity index (χ4v) is 1.62. The first-order valence-corrected chi connectivity index (χ1v) is 5.04. The number of amides is 1. The maximum Gasteiger partial charge on any atom is 0.247 e. The van der Waals surface area contributed by atoms with Gasteiger partial charge in [-0.25, -0.2) is 4.39 Å².